The van der Waals surface area contributed by atoms with Crippen LogP contribution in [0.5, 0.6) is 0 Å². The summed E-state index contributed by atoms with van der Waals surface area (Å²) in [6.45, 7) is 0. The second-order valence-corrected chi connectivity index (χ2v) is 7.64. The fraction of sp³-hybridized carbons (Fsp3) is 0.0952. The summed E-state index contributed by atoms with van der Waals surface area (Å²) in [4.78, 5) is 25.3. The lowest BCUT2D eigenvalue weighted by Gasteiger charge is -2.21. The number of thiophene rings is 1. The molecule has 4 heterocycles. The fourth-order valence-electron chi connectivity index (χ4n) is 4.04. The number of nitrogens with one attached hydrogen (secondary N) is 1. The van der Waals surface area contributed by atoms with Gasteiger partial charge in [-0.3, -0.25) is 4.79 Å². The van der Waals surface area contributed by atoms with Crippen LogP contribution < -0.4 is 5.56 Å². The van der Waals surface area contributed by atoms with Gasteiger partial charge in [-0.15, -0.1) is 11.3 Å². The molecule has 27 heavy (non-hydrogen) atoms. The van der Waals surface area contributed by atoms with Crippen molar-refractivity contribution in [2.24, 2.45) is 0 Å². The van der Waals surface area contributed by atoms with E-state index in [2.05, 4.69) is 28.2 Å². The maximum absolute atomic E-state index is 12.3. The molecule has 4 aromatic heterocycles. The molecule has 6 rings (SSSR count). The number of rotatable bonds is 1. The van der Waals surface area contributed by atoms with Gasteiger partial charge in [0, 0.05) is 16.5 Å². The quantitative estimate of drug-likeness (QED) is 0.469. The van der Waals surface area contributed by atoms with Gasteiger partial charge >= 0.3 is 0 Å². The highest BCUT2D eigenvalue weighted by Gasteiger charge is 2.27. The maximum atomic E-state index is 12.3. The molecule has 0 amide bonds. The number of benzene rings is 1. The average molecular weight is 371 g/mol. The standard InChI is InChI=1S/C21H13N3O2S/c25-20-19-18(22-10-23-20)16-15(14-6-3-9-26-14)13-8-7-11-4-1-2-5-12(11)17(13)24-21(16)27-19/h1-6,9-10H,7-8H2,(H,22,23,25). The molecule has 0 saturated carbocycles. The number of H-pyrrole nitrogens is 1. The summed E-state index contributed by atoms with van der Waals surface area (Å²) >= 11 is 1.39. The van der Waals surface area contributed by atoms with E-state index in [9.17, 15) is 4.79 Å². The third-order valence-corrected chi connectivity index (χ3v) is 6.27. The SMILES string of the molecule is O=c1[nH]cnc2c1sc1nc3c(c(-c4ccco4)c12)CCc1ccccc1-3. The van der Waals surface area contributed by atoms with Gasteiger partial charge in [0.2, 0.25) is 0 Å². The van der Waals surface area contributed by atoms with Gasteiger partial charge in [-0.2, -0.15) is 0 Å². The van der Waals surface area contributed by atoms with Gasteiger partial charge < -0.3 is 9.40 Å². The monoisotopic (exact) mass is 371 g/mol. The van der Waals surface area contributed by atoms with Gasteiger partial charge in [0.1, 0.15) is 15.3 Å². The van der Waals surface area contributed by atoms with Crippen LogP contribution in [0.3, 0.4) is 0 Å². The van der Waals surface area contributed by atoms with Crippen LogP contribution in [-0.4, -0.2) is 15.0 Å². The largest absolute Gasteiger partial charge is 0.464 e. The van der Waals surface area contributed by atoms with E-state index in [-0.39, 0.29) is 5.56 Å². The Morgan fingerprint density at radius 2 is 2.04 bits per heavy atom. The van der Waals surface area contributed by atoms with Crippen molar-refractivity contribution in [3.8, 4) is 22.6 Å². The van der Waals surface area contributed by atoms with Gasteiger partial charge in [0.05, 0.1) is 23.8 Å². The molecule has 1 aromatic carbocycles. The van der Waals surface area contributed by atoms with Gasteiger partial charge in [0.25, 0.3) is 5.56 Å². The zero-order chi connectivity index (χ0) is 18.0. The number of aromatic nitrogens is 3. The molecule has 1 aliphatic rings. The van der Waals surface area contributed by atoms with Gasteiger partial charge in [-0.25, -0.2) is 9.97 Å². The normalized spacial score (nSPS) is 13.0. The Balaban J connectivity index is 1.85. The van der Waals surface area contributed by atoms with Crippen LogP contribution in [-0.2, 0) is 12.8 Å². The van der Waals surface area contributed by atoms with Crippen molar-refractivity contribution in [1.82, 2.24) is 15.0 Å². The number of nitrogens with zero attached hydrogens (tertiary/aromatic N) is 2. The number of hydrogen-bond acceptors (Lipinski definition) is 5. The van der Waals surface area contributed by atoms with E-state index in [4.69, 9.17) is 9.40 Å². The molecule has 5 aromatic rings. The summed E-state index contributed by atoms with van der Waals surface area (Å²) in [5.74, 6) is 0.791. The Morgan fingerprint density at radius 1 is 1.11 bits per heavy atom. The average Bonchev–Trinajstić information content (AvgIpc) is 3.35. The minimum absolute atomic E-state index is 0.133. The summed E-state index contributed by atoms with van der Waals surface area (Å²) < 4.78 is 6.39. The molecule has 0 unspecified atom stereocenters. The van der Waals surface area contributed by atoms with E-state index in [1.807, 2.05) is 18.2 Å². The molecule has 0 spiro atoms. The van der Waals surface area contributed by atoms with E-state index in [0.717, 1.165) is 51.2 Å². The number of fused-ring (bicyclic) bond motifs is 6. The molecule has 1 N–H and O–H groups in total. The number of pyridine rings is 1. The first-order chi connectivity index (χ1) is 13.3. The van der Waals surface area contributed by atoms with Crippen LogP contribution in [0.2, 0.25) is 0 Å². The van der Waals surface area contributed by atoms with Gasteiger partial charge in [-0.1, -0.05) is 24.3 Å². The molecule has 0 bridgehead atoms. The molecule has 1 aliphatic carbocycles. The molecule has 0 atom stereocenters. The lowest BCUT2D eigenvalue weighted by molar-refractivity contribution is 0.582. The van der Waals surface area contributed by atoms with Crippen molar-refractivity contribution < 1.29 is 4.42 Å². The molecule has 130 valence electrons. The van der Waals surface area contributed by atoms with Crippen molar-refractivity contribution >= 4 is 31.8 Å². The summed E-state index contributed by atoms with van der Waals surface area (Å²) in [7, 11) is 0. The number of aryl methyl sites for hydroxylation is 1. The first kappa shape index (κ1) is 14.9. The third-order valence-electron chi connectivity index (χ3n) is 5.20. The van der Waals surface area contributed by atoms with Gasteiger partial charge in [-0.05, 0) is 36.1 Å². The van der Waals surface area contributed by atoms with E-state index in [0.29, 0.717) is 10.2 Å². The number of hydrogen-bond donors (Lipinski definition) is 1. The summed E-state index contributed by atoms with van der Waals surface area (Å²) in [5, 5.41) is 0.911. The minimum atomic E-state index is -0.133. The van der Waals surface area contributed by atoms with Crippen molar-refractivity contribution in [3.05, 3.63) is 70.5 Å². The summed E-state index contributed by atoms with van der Waals surface area (Å²) in [6, 6.07) is 12.2. The van der Waals surface area contributed by atoms with Crippen LogP contribution in [0.25, 0.3) is 43.0 Å². The van der Waals surface area contributed by atoms with E-state index < -0.39 is 0 Å². The van der Waals surface area contributed by atoms with Crippen molar-refractivity contribution in [2.75, 3.05) is 0 Å². The first-order valence-corrected chi connectivity index (χ1v) is 9.58. The Morgan fingerprint density at radius 3 is 2.93 bits per heavy atom. The van der Waals surface area contributed by atoms with Crippen LogP contribution in [0.4, 0.5) is 0 Å². The molecular formula is C21H13N3O2S. The molecule has 5 nitrogen and oxygen atoms in total. The number of aromatic amines is 1. The van der Waals surface area contributed by atoms with E-state index in [1.54, 1.807) is 6.26 Å². The Labute approximate surface area is 157 Å². The third kappa shape index (κ3) is 2.01. The highest BCUT2D eigenvalue weighted by atomic mass is 32.1. The summed E-state index contributed by atoms with van der Waals surface area (Å²) in [6.07, 6.45) is 4.98. The molecule has 0 fully saturated rings. The molecule has 0 saturated heterocycles. The van der Waals surface area contributed by atoms with Crippen molar-refractivity contribution in [2.45, 2.75) is 12.8 Å². The van der Waals surface area contributed by atoms with Crippen LogP contribution in [0.15, 0.2) is 58.2 Å². The number of furan rings is 1. The van der Waals surface area contributed by atoms with Crippen molar-refractivity contribution in [3.63, 3.8) is 0 Å². The zero-order valence-electron chi connectivity index (χ0n) is 14.2. The molecular weight excluding hydrogens is 358 g/mol. The Kier molecular flexibility index (Phi) is 2.96. The van der Waals surface area contributed by atoms with E-state index in [1.165, 1.54) is 23.2 Å². The van der Waals surface area contributed by atoms with Crippen molar-refractivity contribution in [1.29, 1.82) is 0 Å². The van der Waals surface area contributed by atoms with Crippen LogP contribution in [0, 0.1) is 0 Å². The lowest BCUT2D eigenvalue weighted by atomic mass is 9.85. The fourth-order valence-corrected chi connectivity index (χ4v) is 5.07. The Hall–Kier alpha value is -3.25. The van der Waals surface area contributed by atoms with Crippen LogP contribution >= 0.6 is 11.3 Å². The Bertz CT molecular complexity index is 1400. The van der Waals surface area contributed by atoms with Crippen LogP contribution in [0.1, 0.15) is 11.1 Å². The highest BCUT2D eigenvalue weighted by molar-refractivity contribution is 7.25. The first-order valence-electron chi connectivity index (χ1n) is 8.76. The second-order valence-electron chi connectivity index (χ2n) is 6.64. The highest BCUT2D eigenvalue weighted by Crippen LogP contribution is 2.45. The minimum Gasteiger partial charge on any atom is -0.464 e. The smallest absolute Gasteiger partial charge is 0.268 e. The predicted molar refractivity (Wildman–Crippen MR) is 106 cm³/mol. The van der Waals surface area contributed by atoms with Gasteiger partial charge in [0.15, 0.2) is 0 Å². The molecule has 0 radical (unpaired) electrons. The summed E-state index contributed by atoms with van der Waals surface area (Å²) in [5.41, 5.74) is 6.19. The van der Waals surface area contributed by atoms with E-state index >= 15 is 0 Å². The second kappa shape index (κ2) is 5.37. The lowest BCUT2D eigenvalue weighted by Crippen LogP contribution is -2.08. The zero-order valence-corrected chi connectivity index (χ0v) is 15.0. The predicted octanol–water partition coefficient (Wildman–Crippen LogP) is 4.56. The molecule has 0 aliphatic heterocycles. The topological polar surface area (TPSA) is 71.8 Å². The maximum Gasteiger partial charge on any atom is 0.268 e. The molecule has 6 heteroatoms.